The molecule has 2 atom stereocenters. The van der Waals surface area contributed by atoms with Crippen molar-refractivity contribution in [2.45, 2.75) is 32.4 Å². The van der Waals surface area contributed by atoms with E-state index in [4.69, 9.17) is 5.73 Å². The molecule has 1 amide bonds. The van der Waals surface area contributed by atoms with Gasteiger partial charge in [0.2, 0.25) is 0 Å². The van der Waals surface area contributed by atoms with Gasteiger partial charge >= 0.3 is 0 Å². The van der Waals surface area contributed by atoms with Crippen LogP contribution in [-0.2, 0) is 0 Å². The van der Waals surface area contributed by atoms with Crippen molar-refractivity contribution in [3.05, 3.63) is 29.3 Å². The summed E-state index contributed by atoms with van der Waals surface area (Å²) in [4.78, 5) is 11.0. The second-order valence-electron chi connectivity index (χ2n) is 5.45. The number of halogens is 2. The van der Waals surface area contributed by atoms with Crippen molar-refractivity contribution in [3.63, 3.8) is 0 Å². The molecule has 19 heavy (non-hydrogen) atoms. The van der Waals surface area contributed by atoms with Crippen LogP contribution in [0.1, 0.15) is 30.6 Å². The molecule has 4 nitrogen and oxygen atoms in total. The summed E-state index contributed by atoms with van der Waals surface area (Å²) in [5.41, 5.74) is 4.26. The Labute approximate surface area is 109 Å². The van der Waals surface area contributed by atoms with Crippen molar-refractivity contribution in [2.24, 2.45) is 11.1 Å². The second-order valence-corrected chi connectivity index (χ2v) is 5.45. The van der Waals surface area contributed by atoms with Gasteiger partial charge in [0.15, 0.2) is 0 Å². The Hall–Kier alpha value is -1.69. The average molecular weight is 270 g/mol. The highest BCUT2D eigenvalue weighted by Gasteiger charge is 2.47. The molecule has 4 N–H and O–H groups in total. The second kappa shape index (κ2) is 4.45. The average Bonchev–Trinajstić information content (AvgIpc) is 2.31. The van der Waals surface area contributed by atoms with E-state index in [1.165, 1.54) is 0 Å². The van der Waals surface area contributed by atoms with E-state index in [-0.39, 0.29) is 17.3 Å². The maximum atomic E-state index is 13.6. The number of carbonyl (C=O) groups is 1. The highest BCUT2D eigenvalue weighted by atomic mass is 19.1. The fourth-order valence-electron chi connectivity index (χ4n) is 2.18. The molecule has 0 bridgehead atoms. The standard InChI is InChI=1S/C13H16F2N2O2/c1-13(2)10(5-11(13)18)17-9-3-6(12(16)19)7(14)4-8(9)15/h3-4,10-11,17-18H,5H2,1-2H3,(H2,16,19). The SMILES string of the molecule is CC1(C)C(O)CC1Nc1cc(C(N)=O)c(F)cc1F. The van der Waals surface area contributed by atoms with Crippen LogP contribution >= 0.6 is 0 Å². The summed E-state index contributed by atoms with van der Waals surface area (Å²) in [5, 5.41) is 12.5. The van der Waals surface area contributed by atoms with E-state index in [1.54, 1.807) is 0 Å². The van der Waals surface area contributed by atoms with Gasteiger partial charge in [-0.1, -0.05) is 13.8 Å². The monoisotopic (exact) mass is 270 g/mol. The summed E-state index contributed by atoms with van der Waals surface area (Å²) in [6.07, 6.45) is -0.000430. The summed E-state index contributed by atoms with van der Waals surface area (Å²) < 4.78 is 27.0. The summed E-state index contributed by atoms with van der Waals surface area (Å²) in [7, 11) is 0. The molecular formula is C13H16F2N2O2. The van der Waals surface area contributed by atoms with Crippen molar-refractivity contribution < 1.29 is 18.7 Å². The third-order valence-corrected chi connectivity index (χ3v) is 3.87. The number of primary amides is 1. The molecule has 1 aliphatic rings. The number of benzene rings is 1. The third kappa shape index (κ3) is 2.28. The molecule has 6 heteroatoms. The van der Waals surface area contributed by atoms with Gasteiger partial charge in [-0.3, -0.25) is 4.79 Å². The Morgan fingerprint density at radius 2 is 2.05 bits per heavy atom. The van der Waals surface area contributed by atoms with Gasteiger partial charge in [-0.2, -0.15) is 0 Å². The van der Waals surface area contributed by atoms with Crippen molar-refractivity contribution in [1.29, 1.82) is 0 Å². The van der Waals surface area contributed by atoms with Crippen molar-refractivity contribution in [3.8, 4) is 0 Å². The van der Waals surface area contributed by atoms with Crippen LogP contribution in [0.3, 0.4) is 0 Å². The lowest BCUT2D eigenvalue weighted by atomic mass is 9.64. The highest BCUT2D eigenvalue weighted by molar-refractivity contribution is 5.94. The number of nitrogens with one attached hydrogen (secondary N) is 1. The molecule has 0 radical (unpaired) electrons. The number of aliphatic hydroxyl groups excluding tert-OH is 1. The van der Waals surface area contributed by atoms with E-state index in [1.807, 2.05) is 13.8 Å². The zero-order valence-corrected chi connectivity index (χ0v) is 10.7. The van der Waals surface area contributed by atoms with Gasteiger partial charge in [-0.25, -0.2) is 8.78 Å². The number of rotatable bonds is 3. The summed E-state index contributed by atoms with van der Waals surface area (Å²) in [5.74, 6) is -2.73. The van der Waals surface area contributed by atoms with Crippen molar-refractivity contribution in [1.82, 2.24) is 0 Å². The molecule has 1 fully saturated rings. The number of amides is 1. The van der Waals surface area contributed by atoms with Crippen LogP contribution in [0.5, 0.6) is 0 Å². The Bertz CT molecular complexity index is 532. The van der Waals surface area contributed by atoms with Crippen LogP contribution in [0.2, 0.25) is 0 Å². The van der Waals surface area contributed by atoms with Crippen LogP contribution in [0, 0.1) is 17.0 Å². The van der Waals surface area contributed by atoms with Gasteiger partial charge in [0.05, 0.1) is 17.4 Å². The predicted octanol–water partition coefficient (Wildman–Crippen LogP) is 1.64. The molecule has 0 heterocycles. The summed E-state index contributed by atoms with van der Waals surface area (Å²) in [6.45, 7) is 3.69. The van der Waals surface area contributed by atoms with E-state index < -0.39 is 29.1 Å². The topological polar surface area (TPSA) is 75.3 Å². The van der Waals surface area contributed by atoms with Crippen LogP contribution in [-0.4, -0.2) is 23.2 Å². The Balaban J connectivity index is 2.26. The Kier molecular flexibility index (Phi) is 3.22. The summed E-state index contributed by atoms with van der Waals surface area (Å²) in [6, 6.07) is 1.54. The van der Waals surface area contributed by atoms with Crippen LogP contribution in [0.25, 0.3) is 0 Å². The van der Waals surface area contributed by atoms with Gasteiger partial charge in [0.1, 0.15) is 11.6 Å². The lowest BCUT2D eigenvalue weighted by Crippen LogP contribution is -2.57. The molecule has 0 saturated heterocycles. The highest BCUT2D eigenvalue weighted by Crippen LogP contribution is 2.42. The quantitative estimate of drug-likeness (QED) is 0.781. The molecule has 2 unspecified atom stereocenters. The van der Waals surface area contributed by atoms with Crippen LogP contribution < -0.4 is 11.1 Å². The van der Waals surface area contributed by atoms with Gasteiger partial charge in [-0.05, 0) is 12.5 Å². The molecule has 0 aromatic heterocycles. The van der Waals surface area contributed by atoms with E-state index in [0.717, 1.165) is 6.07 Å². The van der Waals surface area contributed by atoms with E-state index in [2.05, 4.69) is 5.32 Å². The minimum Gasteiger partial charge on any atom is -0.392 e. The lowest BCUT2D eigenvalue weighted by Gasteiger charge is -2.49. The normalized spacial score (nSPS) is 24.7. The molecule has 1 saturated carbocycles. The smallest absolute Gasteiger partial charge is 0.251 e. The molecule has 1 aromatic carbocycles. The van der Waals surface area contributed by atoms with Gasteiger partial charge in [-0.15, -0.1) is 0 Å². The number of hydrogen-bond acceptors (Lipinski definition) is 3. The Morgan fingerprint density at radius 3 is 2.53 bits per heavy atom. The van der Waals surface area contributed by atoms with Crippen LogP contribution in [0.4, 0.5) is 14.5 Å². The first-order valence-electron chi connectivity index (χ1n) is 5.97. The van der Waals surface area contributed by atoms with Gasteiger partial charge in [0.25, 0.3) is 5.91 Å². The minimum atomic E-state index is -0.983. The predicted molar refractivity (Wildman–Crippen MR) is 66.7 cm³/mol. The van der Waals surface area contributed by atoms with Crippen LogP contribution in [0.15, 0.2) is 12.1 Å². The number of nitrogens with two attached hydrogens (primary N) is 1. The van der Waals surface area contributed by atoms with E-state index >= 15 is 0 Å². The third-order valence-electron chi connectivity index (χ3n) is 3.87. The lowest BCUT2D eigenvalue weighted by molar-refractivity contribution is -0.0511. The minimum absolute atomic E-state index is 0.0141. The number of anilines is 1. The first-order valence-corrected chi connectivity index (χ1v) is 5.97. The zero-order valence-electron chi connectivity index (χ0n) is 10.7. The van der Waals surface area contributed by atoms with E-state index in [9.17, 15) is 18.7 Å². The number of aliphatic hydroxyl groups is 1. The molecule has 2 rings (SSSR count). The van der Waals surface area contributed by atoms with Gasteiger partial charge < -0.3 is 16.2 Å². The zero-order chi connectivity index (χ0) is 14.4. The molecule has 0 aliphatic heterocycles. The summed E-state index contributed by atoms with van der Waals surface area (Å²) >= 11 is 0. The number of carbonyl (C=O) groups excluding carboxylic acids is 1. The fourth-order valence-corrected chi connectivity index (χ4v) is 2.18. The Morgan fingerprint density at radius 1 is 1.42 bits per heavy atom. The molecular weight excluding hydrogens is 254 g/mol. The maximum absolute atomic E-state index is 13.6. The van der Waals surface area contributed by atoms with Crippen molar-refractivity contribution >= 4 is 11.6 Å². The first kappa shape index (κ1) is 13.7. The molecule has 1 aliphatic carbocycles. The molecule has 0 spiro atoms. The first-order chi connectivity index (χ1) is 8.73. The number of hydrogen-bond donors (Lipinski definition) is 3. The van der Waals surface area contributed by atoms with Crippen molar-refractivity contribution in [2.75, 3.05) is 5.32 Å². The molecule has 104 valence electrons. The molecule has 1 aromatic rings. The fraction of sp³-hybridized carbons (Fsp3) is 0.462. The van der Waals surface area contributed by atoms with Gasteiger partial charge in [0, 0.05) is 17.5 Å². The largest absolute Gasteiger partial charge is 0.392 e. The maximum Gasteiger partial charge on any atom is 0.251 e. The van der Waals surface area contributed by atoms with E-state index in [0.29, 0.717) is 12.5 Å².